The second-order valence-electron chi connectivity index (χ2n) is 3.27. The Morgan fingerprint density at radius 2 is 2.09 bits per heavy atom. The number of hydrogen-bond donors (Lipinski definition) is 1. The molecular formula is C9H19NO. The van der Waals surface area contributed by atoms with Gasteiger partial charge >= 0.3 is 0 Å². The minimum absolute atomic E-state index is 0.277. The van der Waals surface area contributed by atoms with Crippen molar-refractivity contribution in [3.05, 3.63) is 0 Å². The Labute approximate surface area is 69.3 Å². The molecule has 0 aromatic carbocycles. The lowest BCUT2D eigenvalue weighted by molar-refractivity contribution is -0.133. The topological polar surface area (TPSA) is 21.3 Å². The van der Waals surface area contributed by atoms with Gasteiger partial charge in [0.15, 0.2) is 0 Å². The van der Waals surface area contributed by atoms with Gasteiger partial charge in [0, 0.05) is 19.0 Å². The first-order valence-corrected chi connectivity index (χ1v) is 4.68. The van der Waals surface area contributed by atoms with Crippen molar-refractivity contribution < 1.29 is 4.74 Å². The Hall–Kier alpha value is -0.0800. The number of nitrogens with one attached hydrogen (secondary N) is 1. The zero-order valence-corrected chi connectivity index (χ0v) is 7.81. The van der Waals surface area contributed by atoms with Gasteiger partial charge in [-0.25, -0.2) is 0 Å². The monoisotopic (exact) mass is 157 g/mol. The Morgan fingerprint density at radius 1 is 1.45 bits per heavy atom. The van der Waals surface area contributed by atoms with Crippen LogP contribution in [0.25, 0.3) is 0 Å². The fourth-order valence-corrected chi connectivity index (χ4v) is 1.75. The lowest BCUT2D eigenvalue weighted by Gasteiger charge is -2.37. The van der Waals surface area contributed by atoms with Crippen molar-refractivity contribution in [3.63, 3.8) is 0 Å². The van der Waals surface area contributed by atoms with Gasteiger partial charge in [0.1, 0.15) is 0 Å². The smallest absolute Gasteiger partial charge is 0.0842 e. The highest BCUT2D eigenvalue weighted by Gasteiger charge is 2.43. The third-order valence-corrected chi connectivity index (χ3v) is 2.42. The summed E-state index contributed by atoms with van der Waals surface area (Å²) in [5.41, 5.74) is 0.277. The van der Waals surface area contributed by atoms with Gasteiger partial charge in [-0.1, -0.05) is 13.8 Å². The highest BCUT2D eigenvalue weighted by atomic mass is 16.5. The van der Waals surface area contributed by atoms with Crippen LogP contribution in [-0.4, -0.2) is 24.8 Å². The van der Waals surface area contributed by atoms with Gasteiger partial charge in [-0.3, -0.25) is 0 Å². The summed E-state index contributed by atoms with van der Waals surface area (Å²) < 4.78 is 5.49. The molecule has 0 aromatic rings. The SMILES string of the molecule is CC.CC1CC2(CCO2)CN1. The lowest BCUT2D eigenvalue weighted by atomic mass is 9.92. The van der Waals surface area contributed by atoms with Gasteiger partial charge in [0.2, 0.25) is 0 Å². The molecule has 0 saturated carbocycles. The maximum absolute atomic E-state index is 5.49. The average Bonchev–Trinajstić information content (AvgIpc) is 2.35. The van der Waals surface area contributed by atoms with Crippen LogP contribution < -0.4 is 5.32 Å². The molecule has 11 heavy (non-hydrogen) atoms. The molecule has 2 atom stereocenters. The maximum atomic E-state index is 5.49. The molecule has 2 aliphatic heterocycles. The molecule has 2 rings (SSSR count). The van der Waals surface area contributed by atoms with Gasteiger partial charge in [0.05, 0.1) is 12.2 Å². The number of ether oxygens (including phenoxy) is 1. The first-order valence-electron chi connectivity index (χ1n) is 4.68. The second-order valence-corrected chi connectivity index (χ2v) is 3.27. The van der Waals surface area contributed by atoms with Gasteiger partial charge in [-0.15, -0.1) is 0 Å². The van der Waals surface area contributed by atoms with Gasteiger partial charge in [-0.2, -0.15) is 0 Å². The summed E-state index contributed by atoms with van der Waals surface area (Å²) in [4.78, 5) is 0. The summed E-state index contributed by atoms with van der Waals surface area (Å²) in [6.07, 6.45) is 2.48. The fraction of sp³-hybridized carbons (Fsp3) is 1.00. The van der Waals surface area contributed by atoms with Crippen molar-refractivity contribution in [2.75, 3.05) is 13.2 Å². The van der Waals surface area contributed by atoms with Crippen LogP contribution in [0.2, 0.25) is 0 Å². The van der Waals surface area contributed by atoms with Gasteiger partial charge in [0.25, 0.3) is 0 Å². The molecule has 0 amide bonds. The molecule has 2 fully saturated rings. The summed E-state index contributed by atoms with van der Waals surface area (Å²) in [7, 11) is 0. The molecule has 2 aliphatic rings. The molecule has 2 heterocycles. The van der Waals surface area contributed by atoms with Crippen molar-refractivity contribution >= 4 is 0 Å². The third-order valence-electron chi connectivity index (χ3n) is 2.42. The van der Waals surface area contributed by atoms with Crippen LogP contribution >= 0.6 is 0 Å². The normalized spacial score (nSPS) is 41.2. The van der Waals surface area contributed by atoms with E-state index in [0.717, 1.165) is 13.2 Å². The van der Waals surface area contributed by atoms with Crippen LogP contribution in [0.5, 0.6) is 0 Å². The predicted molar refractivity (Wildman–Crippen MR) is 46.7 cm³/mol. The van der Waals surface area contributed by atoms with Gasteiger partial charge in [-0.05, 0) is 13.3 Å². The van der Waals surface area contributed by atoms with E-state index in [9.17, 15) is 0 Å². The van der Waals surface area contributed by atoms with E-state index in [1.54, 1.807) is 0 Å². The van der Waals surface area contributed by atoms with Crippen molar-refractivity contribution in [1.82, 2.24) is 5.32 Å². The summed E-state index contributed by atoms with van der Waals surface area (Å²) in [6, 6.07) is 0.672. The van der Waals surface area contributed by atoms with E-state index in [0.29, 0.717) is 6.04 Å². The molecule has 1 spiro atoms. The predicted octanol–water partition coefficient (Wildman–Crippen LogP) is 1.55. The average molecular weight is 157 g/mol. The van der Waals surface area contributed by atoms with Crippen LogP contribution in [0.15, 0.2) is 0 Å². The van der Waals surface area contributed by atoms with Crippen LogP contribution in [0.4, 0.5) is 0 Å². The Morgan fingerprint density at radius 3 is 2.27 bits per heavy atom. The van der Waals surface area contributed by atoms with E-state index < -0.39 is 0 Å². The molecular weight excluding hydrogens is 138 g/mol. The molecule has 2 nitrogen and oxygen atoms in total. The Bertz CT molecular complexity index is 121. The van der Waals surface area contributed by atoms with E-state index in [-0.39, 0.29) is 5.60 Å². The zero-order chi connectivity index (χ0) is 8.32. The van der Waals surface area contributed by atoms with E-state index in [2.05, 4.69) is 12.2 Å². The first-order chi connectivity index (χ1) is 5.31. The van der Waals surface area contributed by atoms with E-state index in [4.69, 9.17) is 4.74 Å². The summed E-state index contributed by atoms with van der Waals surface area (Å²) in [6.45, 7) is 8.28. The molecule has 66 valence electrons. The van der Waals surface area contributed by atoms with Crippen molar-refractivity contribution in [2.45, 2.75) is 45.3 Å². The highest BCUT2D eigenvalue weighted by molar-refractivity contribution is 4.98. The van der Waals surface area contributed by atoms with Gasteiger partial charge < -0.3 is 10.1 Å². The highest BCUT2D eigenvalue weighted by Crippen LogP contribution is 2.34. The minimum atomic E-state index is 0.277. The maximum Gasteiger partial charge on any atom is 0.0842 e. The lowest BCUT2D eigenvalue weighted by Crippen LogP contribution is -2.45. The molecule has 2 unspecified atom stereocenters. The van der Waals surface area contributed by atoms with Crippen LogP contribution in [-0.2, 0) is 4.74 Å². The fourth-order valence-electron chi connectivity index (χ4n) is 1.75. The standard InChI is InChI=1S/C7H13NO.C2H6/c1-6-4-7(5-8-6)2-3-9-7;1-2/h6,8H,2-5H2,1H3;1-2H3. The largest absolute Gasteiger partial charge is 0.373 e. The second kappa shape index (κ2) is 3.55. The summed E-state index contributed by atoms with van der Waals surface area (Å²) in [5.74, 6) is 0. The van der Waals surface area contributed by atoms with Crippen molar-refractivity contribution in [1.29, 1.82) is 0 Å². The summed E-state index contributed by atoms with van der Waals surface area (Å²) >= 11 is 0. The van der Waals surface area contributed by atoms with E-state index in [1.807, 2.05) is 13.8 Å². The van der Waals surface area contributed by atoms with E-state index >= 15 is 0 Å². The Kier molecular flexibility index (Phi) is 2.90. The number of rotatable bonds is 0. The molecule has 2 heteroatoms. The third kappa shape index (κ3) is 1.74. The molecule has 0 bridgehead atoms. The van der Waals surface area contributed by atoms with Crippen LogP contribution in [0.3, 0.4) is 0 Å². The van der Waals surface area contributed by atoms with Crippen molar-refractivity contribution in [2.24, 2.45) is 0 Å². The van der Waals surface area contributed by atoms with Crippen molar-refractivity contribution in [3.8, 4) is 0 Å². The minimum Gasteiger partial charge on any atom is -0.373 e. The number of hydrogen-bond acceptors (Lipinski definition) is 2. The zero-order valence-electron chi connectivity index (χ0n) is 7.81. The quantitative estimate of drug-likeness (QED) is 0.576. The summed E-state index contributed by atoms with van der Waals surface area (Å²) in [5, 5.41) is 3.39. The Balaban J connectivity index is 0.000000281. The van der Waals surface area contributed by atoms with Crippen LogP contribution in [0.1, 0.15) is 33.6 Å². The molecule has 0 aromatic heterocycles. The van der Waals surface area contributed by atoms with Crippen LogP contribution in [0, 0.1) is 0 Å². The first kappa shape index (κ1) is 9.01. The van der Waals surface area contributed by atoms with E-state index in [1.165, 1.54) is 12.8 Å². The molecule has 2 saturated heterocycles. The molecule has 0 aliphatic carbocycles. The molecule has 1 N–H and O–H groups in total. The molecule has 0 radical (unpaired) electrons.